The first-order chi connectivity index (χ1) is 8.78. The minimum absolute atomic E-state index is 0.558. The standard InChI is InChI=1S/C17H27N/c1-3-12-18-14-17(10-5-11-17)13-16-8-6-15(4-2)7-9-16/h6-9,18H,3-5,10-14H2,1-2H3. The van der Waals surface area contributed by atoms with E-state index in [9.17, 15) is 0 Å². The van der Waals surface area contributed by atoms with Crippen molar-refractivity contribution >= 4 is 0 Å². The van der Waals surface area contributed by atoms with E-state index in [0.717, 1.165) is 13.0 Å². The molecule has 0 bridgehead atoms. The molecule has 2 rings (SSSR count). The van der Waals surface area contributed by atoms with Gasteiger partial charge in [0, 0.05) is 6.54 Å². The second-order valence-electron chi connectivity index (χ2n) is 5.88. The summed E-state index contributed by atoms with van der Waals surface area (Å²) in [5.41, 5.74) is 3.53. The minimum atomic E-state index is 0.558. The summed E-state index contributed by atoms with van der Waals surface area (Å²) in [5.74, 6) is 0. The van der Waals surface area contributed by atoms with E-state index in [2.05, 4.69) is 43.4 Å². The molecule has 1 fully saturated rings. The van der Waals surface area contributed by atoms with Gasteiger partial charge in [0.2, 0.25) is 0 Å². The molecule has 1 N–H and O–H groups in total. The molecule has 18 heavy (non-hydrogen) atoms. The van der Waals surface area contributed by atoms with Crippen molar-refractivity contribution in [1.82, 2.24) is 5.32 Å². The first-order valence-electron chi connectivity index (χ1n) is 7.56. The lowest BCUT2D eigenvalue weighted by Crippen LogP contribution is -2.41. The van der Waals surface area contributed by atoms with Crippen LogP contribution in [0.1, 0.15) is 50.7 Å². The van der Waals surface area contributed by atoms with Crippen LogP contribution in [0.2, 0.25) is 0 Å². The molecule has 1 saturated carbocycles. The van der Waals surface area contributed by atoms with E-state index in [-0.39, 0.29) is 0 Å². The molecular weight excluding hydrogens is 218 g/mol. The summed E-state index contributed by atoms with van der Waals surface area (Å²) in [4.78, 5) is 0. The Morgan fingerprint density at radius 1 is 1.06 bits per heavy atom. The van der Waals surface area contributed by atoms with Crippen molar-refractivity contribution in [2.45, 2.75) is 52.4 Å². The quantitative estimate of drug-likeness (QED) is 0.717. The molecule has 0 atom stereocenters. The van der Waals surface area contributed by atoms with Gasteiger partial charge in [-0.1, -0.05) is 44.5 Å². The third kappa shape index (κ3) is 3.35. The van der Waals surface area contributed by atoms with Crippen LogP contribution in [-0.2, 0) is 12.8 Å². The van der Waals surface area contributed by atoms with Crippen LogP contribution in [-0.4, -0.2) is 13.1 Å². The molecule has 0 heterocycles. The Kier molecular flexibility index (Phi) is 4.82. The van der Waals surface area contributed by atoms with E-state index >= 15 is 0 Å². The number of rotatable bonds is 7. The lowest BCUT2D eigenvalue weighted by Gasteiger charge is -2.42. The Hall–Kier alpha value is -0.820. The van der Waals surface area contributed by atoms with E-state index in [4.69, 9.17) is 0 Å². The van der Waals surface area contributed by atoms with E-state index in [1.54, 1.807) is 0 Å². The van der Waals surface area contributed by atoms with Crippen LogP contribution in [0.15, 0.2) is 24.3 Å². The van der Waals surface area contributed by atoms with Crippen molar-refractivity contribution in [2.24, 2.45) is 5.41 Å². The zero-order valence-corrected chi connectivity index (χ0v) is 12.0. The lowest BCUT2D eigenvalue weighted by molar-refractivity contribution is 0.130. The zero-order chi connectivity index (χ0) is 12.8. The summed E-state index contributed by atoms with van der Waals surface area (Å²) in [6, 6.07) is 9.25. The molecule has 0 aliphatic heterocycles. The number of nitrogens with one attached hydrogen (secondary N) is 1. The largest absolute Gasteiger partial charge is 0.316 e. The molecular formula is C17H27N. The van der Waals surface area contributed by atoms with Gasteiger partial charge in [0.1, 0.15) is 0 Å². The van der Waals surface area contributed by atoms with Crippen LogP contribution >= 0.6 is 0 Å². The topological polar surface area (TPSA) is 12.0 Å². The summed E-state index contributed by atoms with van der Waals surface area (Å²) in [6.07, 6.45) is 7.86. The fourth-order valence-corrected chi connectivity index (χ4v) is 2.95. The Balaban J connectivity index is 1.92. The van der Waals surface area contributed by atoms with Crippen molar-refractivity contribution < 1.29 is 0 Å². The monoisotopic (exact) mass is 245 g/mol. The molecule has 1 aromatic carbocycles. The highest BCUT2D eigenvalue weighted by Gasteiger charge is 2.36. The number of aryl methyl sites for hydroxylation is 1. The van der Waals surface area contributed by atoms with Crippen LogP contribution < -0.4 is 5.32 Å². The average molecular weight is 245 g/mol. The predicted octanol–water partition coefficient (Wildman–Crippen LogP) is 3.96. The van der Waals surface area contributed by atoms with Gasteiger partial charge in [-0.2, -0.15) is 0 Å². The summed E-state index contributed by atoms with van der Waals surface area (Å²) in [5, 5.41) is 3.62. The first kappa shape index (κ1) is 13.6. The third-order valence-electron chi connectivity index (χ3n) is 4.35. The normalized spacial score (nSPS) is 17.4. The van der Waals surface area contributed by atoms with Gasteiger partial charge < -0.3 is 5.32 Å². The summed E-state index contributed by atoms with van der Waals surface area (Å²) < 4.78 is 0. The lowest BCUT2D eigenvalue weighted by atomic mass is 9.65. The van der Waals surface area contributed by atoms with Crippen molar-refractivity contribution in [3.8, 4) is 0 Å². The van der Waals surface area contributed by atoms with E-state index in [1.807, 2.05) is 0 Å². The highest BCUT2D eigenvalue weighted by molar-refractivity contribution is 5.24. The zero-order valence-electron chi connectivity index (χ0n) is 12.0. The Bertz CT molecular complexity index is 348. The third-order valence-corrected chi connectivity index (χ3v) is 4.35. The van der Waals surface area contributed by atoms with Crippen LogP contribution in [0.3, 0.4) is 0 Å². The molecule has 1 aliphatic rings. The smallest absolute Gasteiger partial charge is 0.00110 e. The molecule has 0 spiro atoms. The van der Waals surface area contributed by atoms with Gasteiger partial charge in [-0.15, -0.1) is 0 Å². The van der Waals surface area contributed by atoms with Gasteiger partial charge in [-0.3, -0.25) is 0 Å². The van der Waals surface area contributed by atoms with E-state index in [0.29, 0.717) is 5.41 Å². The minimum Gasteiger partial charge on any atom is -0.316 e. The van der Waals surface area contributed by atoms with Gasteiger partial charge in [-0.25, -0.2) is 0 Å². The second kappa shape index (κ2) is 6.38. The molecule has 0 saturated heterocycles. The van der Waals surface area contributed by atoms with Crippen LogP contribution in [0.25, 0.3) is 0 Å². The molecule has 0 unspecified atom stereocenters. The van der Waals surface area contributed by atoms with Crippen molar-refractivity contribution in [2.75, 3.05) is 13.1 Å². The van der Waals surface area contributed by atoms with Gasteiger partial charge in [0.15, 0.2) is 0 Å². The van der Waals surface area contributed by atoms with Gasteiger partial charge in [0.05, 0.1) is 0 Å². The Morgan fingerprint density at radius 3 is 2.22 bits per heavy atom. The van der Waals surface area contributed by atoms with Crippen molar-refractivity contribution in [1.29, 1.82) is 0 Å². The summed E-state index contributed by atoms with van der Waals surface area (Å²) >= 11 is 0. The van der Waals surface area contributed by atoms with Gasteiger partial charge in [0.25, 0.3) is 0 Å². The predicted molar refractivity (Wildman–Crippen MR) is 79.0 cm³/mol. The molecule has 1 heteroatoms. The van der Waals surface area contributed by atoms with E-state index in [1.165, 1.54) is 49.8 Å². The maximum absolute atomic E-state index is 3.62. The number of benzene rings is 1. The van der Waals surface area contributed by atoms with E-state index < -0.39 is 0 Å². The van der Waals surface area contributed by atoms with Crippen LogP contribution in [0.4, 0.5) is 0 Å². The Labute approximate surface area is 112 Å². The van der Waals surface area contributed by atoms with Crippen molar-refractivity contribution in [3.63, 3.8) is 0 Å². The Morgan fingerprint density at radius 2 is 1.72 bits per heavy atom. The fourth-order valence-electron chi connectivity index (χ4n) is 2.95. The maximum Gasteiger partial charge on any atom is 0.00110 e. The molecule has 0 radical (unpaired) electrons. The average Bonchev–Trinajstić information content (AvgIpc) is 2.37. The molecule has 1 nitrogen and oxygen atoms in total. The van der Waals surface area contributed by atoms with Crippen LogP contribution in [0.5, 0.6) is 0 Å². The maximum atomic E-state index is 3.62. The van der Waals surface area contributed by atoms with Crippen LogP contribution in [0, 0.1) is 5.41 Å². The molecule has 1 aliphatic carbocycles. The highest BCUT2D eigenvalue weighted by Crippen LogP contribution is 2.43. The molecule has 0 aromatic heterocycles. The van der Waals surface area contributed by atoms with Crippen molar-refractivity contribution in [3.05, 3.63) is 35.4 Å². The summed E-state index contributed by atoms with van der Waals surface area (Å²) in [7, 11) is 0. The molecule has 0 amide bonds. The highest BCUT2D eigenvalue weighted by atomic mass is 14.9. The number of hydrogen-bond acceptors (Lipinski definition) is 1. The second-order valence-corrected chi connectivity index (χ2v) is 5.88. The molecule has 100 valence electrons. The van der Waals surface area contributed by atoms with Gasteiger partial charge >= 0.3 is 0 Å². The van der Waals surface area contributed by atoms with Gasteiger partial charge in [-0.05, 0) is 55.2 Å². The first-order valence-corrected chi connectivity index (χ1v) is 7.56. The number of hydrogen-bond donors (Lipinski definition) is 1. The molecule has 1 aromatic rings. The fraction of sp³-hybridized carbons (Fsp3) is 0.647. The SMILES string of the molecule is CCCNCC1(Cc2ccc(CC)cc2)CCC1. The summed E-state index contributed by atoms with van der Waals surface area (Å²) in [6.45, 7) is 6.83.